The Morgan fingerprint density at radius 2 is 1.62 bits per heavy atom. The van der Waals surface area contributed by atoms with Crippen LogP contribution < -0.4 is 4.72 Å². The van der Waals surface area contributed by atoms with Crippen molar-refractivity contribution in [1.82, 2.24) is 5.16 Å². The molecule has 21 heavy (non-hydrogen) atoms. The second kappa shape index (κ2) is 5.15. The van der Waals surface area contributed by atoms with Crippen LogP contribution in [0.15, 0.2) is 38.6 Å². The van der Waals surface area contributed by atoms with Crippen molar-refractivity contribution in [2.45, 2.75) is 23.6 Å². The third kappa shape index (κ3) is 3.24. The number of aryl methyl sites for hydroxylation is 2. The summed E-state index contributed by atoms with van der Waals surface area (Å²) in [5.41, 5.74) is 0.509. The van der Waals surface area contributed by atoms with Gasteiger partial charge in [0, 0.05) is 11.9 Å². The molecule has 0 fully saturated rings. The highest BCUT2D eigenvalue weighted by atomic mass is 32.2. The molecular weight excluding hydrogens is 316 g/mol. The molecule has 0 radical (unpaired) electrons. The number of nitrogens with one attached hydrogen (secondary N) is 1. The van der Waals surface area contributed by atoms with Crippen molar-refractivity contribution in [1.29, 1.82) is 0 Å². The maximum Gasteiger partial charge on any atom is 0.267 e. The van der Waals surface area contributed by atoms with Crippen molar-refractivity contribution >= 4 is 25.5 Å². The van der Waals surface area contributed by atoms with Gasteiger partial charge in [0.25, 0.3) is 10.0 Å². The summed E-state index contributed by atoms with van der Waals surface area (Å²) in [7, 11) is -7.16. The molecule has 0 amide bonds. The molecule has 1 heterocycles. The minimum Gasteiger partial charge on any atom is -0.360 e. The second-order valence-electron chi connectivity index (χ2n) is 4.56. The van der Waals surface area contributed by atoms with Gasteiger partial charge in [0.2, 0.25) is 0 Å². The van der Waals surface area contributed by atoms with Crippen LogP contribution in [0.5, 0.6) is 0 Å². The fourth-order valence-corrected chi connectivity index (χ4v) is 3.86. The predicted molar refractivity (Wildman–Crippen MR) is 76.3 cm³/mol. The molecule has 9 heteroatoms. The molecular formula is C12H14N2O5S2. The van der Waals surface area contributed by atoms with Crippen molar-refractivity contribution in [3.05, 3.63) is 35.7 Å². The van der Waals surface area contributed by atoms with E-state index in [2.05, 4.69) is 9.88 Å². The molecule has 2 aromatic rings. The average Bonchev–Trinajstić information content (AvgIpc) is 2.68. The van der Waals surface area contributed by atoms with Crippen LogP contribution in [0.2, 0.25) is 0 Å². The highest BCUT2D eigenvalue weighted by molar-refractivity contribution is 7.92. The summed E-state index contributed by atoms with van der Waals surface area (Å²) >= 11 is 0. The van der Waals surface area contributed by atoms with Crippen LogP contribution in [0, 0.1) is 13.8 Å². The third-order valence-corrected chi connectivity index (χ3v) is 5.52. The first kappa shape index (κ1) is 15.5. The molecule has 0 spiro atoms. The molecule has 0 bridgehead atoms. The van der Waals surface area contributed by atoms with E-state index in [0.717, 1.165) is 6.26 Å². The van der Waals surface area contributed by atoms with Crippen molar-refractivity contribution in [3.63, 3.8) is 0 Å². The van der Waals surface area contributed by atoms with Gasteiger partial charge in [-0.15, -0.1) is 0 Å². The van der Waals surface area contributed by atoms with Crippen LogP contribution in [-0.2, 0) is 19.9 Å². The molecule has 0 atom stereocenters. The number of anilines is 1. The zero-order valence-corrected chi connectivity index (χ0v) is 13.2. The summed E-state index contributed by atoms with van der Waals surface area (Å²) in [5.74, 6) is 0.188. The topological polar surface area (TPSA) is 106 Å². The Morgan fingerprint density at radius 1 is 1.05 bits per heavy atom. The van der Waals surface area contributed by atoms with Crippen LogP contribution in [0.1, 0.15) is 11.5 Å². The van der Waals surface area contributed by atoms with E-state index in [1.54, 1.807) is 0 Å². The molecule has 2 rings (SSSR count). The van der Waals surface area contributed by atoms with E-state index >= 15 is 0 Å². The molecule has 0 saturated carbocycles. The maximum atomic E-state index is 12.3. The van der Waals surface area contributed by atoms with Gasteiger partial charge in [0.1, 0.15) is 5.69 Å². The van der Waals surface area contributed by atoms with Gasteiger partial charge in [-0.3, -0.25) is 4.72 Å². The van der Waals surface area contributed by atoms with Crippen molar-refractivity contribution < 1.29 is 21.4 Å². The summed E-state index contributed by atoms with van der Waals surface area (Å²) in [4.78, 5) is 0.0949. The smallest absolute Gasteiger partial charge is 0.267 e. The first-order valence-corrected chi connectivity index (χ1v) is 9.24. The first-order valence-electron chi connectivity index (χ1n) is 5.87. The number of benzene rings is 1. The standard InChI is InChI=1S/C12H14N2O5S2/c1-8-12(9(2)19-13-8)21(17,18)14-10-4-6-11(7-5-10)20(3,15)16/h4-7,14H,1-3H3. The van der Waals surface area contributed by atoms with Crippen LogP contribution in [0.3, 0.4) is 0 Å². The van der Waals surface area contributed by atoms with Gasteiger partial charge in [-0.05, 0) is 38.1 Å². The van der Waals surface area contributed by atoms with E-state index in [4.69, 9.17) is 4.52 Å². The van der Waals surface area contributed by atoms with Crippen molar-refractivity contribution in [2.24, 2.45) is 0 Å². The average molecular weight is 330 g/mol. The Balaban J connectivity index is 2.34. The Bertz CT molecular complexity index is 845. The van der Waals surface area contributed by atoms with Crippen LogP contribution in [0.25, 0.3) is 0 Å². The van der Waals surface area contributed by atoms with E-state index in [-0.39, 0.29) is 26.9 Å². The van der Waals surface area contributed by atoms with Gasteiger partial charge in [-0.25, -0.2) is 16.8 Å². The second-order valence-corrected chi connectivity index (χ2v) is 8.19. The lowest BCUT2D eigenvalue weighted by Gasteiger charge is -2.08. The van der Waals surface area contributed by atoms with Gasteiger partial charge in [0.15, 0.2) is 20.5 Å². The summed E-state index contributed by atoms with van der Waals surface area (Å²) in [6.07, 6.45) is 1.08. The van der Waals surface area contributed by atoms with E-state index in [1.165, 1.54) is 38.1 Å². The van der Waals surface area contributed by atoms with Crippen LogP contribution >= 0.6 is 0 Å². The zero-order chi connectivity index (χ0) is 15.8. The monoisotopic (exact) mass is 330 g/mol. The summed E-state index contributed by atoms with van der Waals surface area (Å²) in [6, 6.07) is 5.43. The van der Waals surface area contributed by atoms with Gasteiger partial charge in [0.05, 0.1) is 4.90 Å². The van der Waals surface area contributed by atoms with Gasteiger partial charge in [-0.2, -0.15) is 0 Å². The molecule has 114 valence electrons. The Morgan fingerprint density at radius 3 is 2.05 bits per heavy atom. The summed E-state index contributed by atoms with van der Waals surface area (Å²) in [5, 5.41) is 3.60. The lowest BCUT2D eigenvalue weighted by molar-refractivity contribution is 0.390. The maximum absolute atomic E-state index is 12.3. The number of sulfonamides is 1. The quantitative estimate of drug-likeness (QED) is 0.910. The third-order valence-electron chi connectivity index (χ3n) is 2.77. The number of rotatable bonds is 4. The fourth-order valence-electron chi connectivity index (χ4n) is 1.83. The predicted octanol–water partition coefficient (Wildman–Crippen LogP) is 1.50. The molecule has 0 saturated heterocycles. The number of sulfone groups is 1. The minimum atomic E-state index is -3.84. The van der Waals surface area contributed by atoms with Gasteiger partial charge in [-0.1, -0.05) is 5.16 Å². The Kier molecular flexibility index (Phi) is 3.81. The highest BCUT2D eigenvalue weighted by Gasteiger charge is 2.24. The van der Waals surface area contributed by atoms with Gasteiger partial charge >= 0.3 is 0 Å². The number of hydrogen-bond acceptors (Lipinski definition) is 6. The number of hydrogen-bond donors (Lipinski definition) is 1. The Hall–Kier alpha value is -1.87. The lowest BCUT2D eigenvalue weighted by Crippen LogP contribution is -2.14. The number of aromatic nitrogens is 1. The van der Waals surface area contributed by atoms with Crippen LogP contribution in [-0.4, -0.2) is 28.2 Å². The van der Waals surface area contributed by atoms with Crippen molar-refractivity contribution in [2.75, 3.05) is 11.0 Å². The summed E-state index contributed by atoms with van der Waals surface area (Å²) in [6.45, 7) is 3.03. The SMILES string of the molecule is Cc1noc(C)c1S(=O)(=O)Nc1ccc(S(C)(=O)=O)cc1. The molecule has 1 aromatic heterocycles. The first-order chi connectivity index (χ1) is 9.61. The molecule has 7 nitrogen and oxygen atoms in total. The summed E-state index contributed by atoms with van der Waals surface area (Å²) < 4.78 is 54.4. The van der Waals surface area contributed by atoms with Crippen LogP contribution in [0.4, 0.5) is 5.69 Å². The zero-order valence-electron chi connectivity index (χ0n) is 11.6. The Labute approximate surface area is 122 Å². The van der Waals surface area contributed by atoms with Gasteiger partial charge < -0.3 is 4.52 Å². The molecule has 0 unspecified atom stereocenters. The lowest BCUT2D eigenvalue weighted by atomic mass is 10.3. The molecule has 0 aliphatic rings. The van der Waals surface area contributed by atoms with E-state index in [9.17, 15) is 16.8 Å². The van der Waals surface area contributed by atoms with E-state index < -0.39 is 19.9 Å². The molecule has 0 aliphatic heterocycles. The molecule has 0 aliphatic carbocycles. The van der Waals surface area contributed by atoms with Crippen molar-refractivity contribution in [3.8, 4) is 0 Å². The number of nitrogens with zero attached hydrogens (tertiary/aromatic N) is 1. The van der Waals surface area contributed by atoms with E-state index in [1.807, 2.05) is 0 Å². The van der Waals surface area contributed by atoms with E-state index in [0.29, 0.717) is 0 Å². The normalized spacial score (nSPS) is 12.3. The largest absolute Gasteiger partial charge is 0.360 e. The minimum absolute atomic E-state index is 0.0188. The fraction of sp³-hybridized carbons (Fsp3) is 0.250. The highest BCUT2D eigenvalue weighted by Crippen LogP contribution is 2.23. The molecule has 1 N–H and O–H groups in total. The molecule has 1 aromatic carbocycles.